The molecular formula is C19H21ClF2N2O4. The molecule has 1 aliphatic rings. The largest absolute Gasteiger partial charge is 0.454 e. The molecule has 2 aromatic carbocycles. The predicted molar refractivity (Wildman–Crippen MR) is 101 cm³/mol. The van der Waals surface area contributed by atoms with E-state index in [2.05, 4.69) is 4.74 Å². The Morgan fingerprint density at radius 3 is 2.43 bits per heavy atom. The molecule has 0 saturated heterocycles. The Morgan fingerprint density at radius 2 is 1.82 bits per heavy atom. The van der Waals surface area contributed by atoms with Crippen molar-refractivity contribution in [2.75, 3.05) is 13.8 Å². The third-order valence-electron chi connectivity index (χ3n) is 4.26. The first kappa shape index (κ1) is 21.7. The van der Waals surface area contributed by atoms with E-state index in [4.69, 9.17) is 15.2 Å². The van der Waals surface area contributed by atoms with E-state index in [-0.39, 0.29) is 37.4 Å². The average Bonchev–Trinajstić information content (AvgIpc) is 3.08. The number of nitrogens with two attached hydrogens (primary N) is 1. The highest BCUT2D eigenvalue weighted by atomic mass is 35.5. The summed E-state index contributed by atoms with van der Waals surface area (Å²) in [5.41, 5.74) is 8.16. The molecule has 0 aliphatic carbocycles. The zero-order valence-corrected chi connectivity index (χ0v) is 16.2. The van der Waals surface area contributed by atoms with Gasteiger partial charge in [-0.3, -0.25) is 4.79 Å². The number of carbonyl (C=O) groups excluding carboxylic acids is 1. The van der Waals surface area contributed by atoms with E-state index < -0.39 is 12.7 Å². The second kappa shape index (κ2) is 9.07. The van der Waals surface area contributed by atoms with Crippen LogP contribution in [0.25, 0.3) is 0 Å². The van der Waals surface area contributed by atoms with Crippen LogP contribution in [0.5, 0.6) is 17.2 Å². The maximum Gasteiger partial charge on any atom is 0.387 e. The van der Waals surface area contributed by atoms with Gasteiger partial charge in [0, 0.05) is 25.2 Å². The minimum absolute atomic E-state index is 0. The molecule has 0 fully saturated rings. The normalized spacial score (nSPS) is 13.1. The second-order valence-corrected chi connectivity index (χ2v) is 6.27. The molecule has 2 N–H and O–H groups in total. The molecule has 0 bridgehead atoms. The Kier molecular flexibility index (Phi) is 7.04. The minimum Gasteiger partial charge on any atom is -0.454 e. The molecule has 1 atom stereocenters. The fourth-order valence-electron chi connectivity index (χ4n) is 2.78. The summed E-state index contributed by atoms with van der Waals surface area (Å²) in [4.78, 5) is 14.0. The average molecular weight is 415 g/mol. The number of alkyl halides is 2. The predicted octanol–water partition coefficient (Wildman–Crippen LogP) is 3.41. The number of amides is 1. The van der Waals surface area contributed by atoms with Crippen molar-refractivity contribution >= 4 is 18.3 Å². The zero-order chi connectivity index (χ0) is 19.6. The first-order chi connectivity index (χ1) is 12.8. The summed E-state index contributed by atoms with van der Waals surface area (Å²) in [6.07, 6.45) is 0. The molecule has 0 aromatic heterocycles. The van der Waals surface area contributed by atoms with Gasteiger partial charge in [-0.15, -0.1) is 12.4 Å². The van der Waals surface area contributed by atoms with Crippen molar-refractivity contribution in [1.82, 2.24) is 4.90 Å². The van der Waals surface area contributed by atoms with Crippen LogP contribution in [0, 0.1) is 6.92 Å². The molecule has 0 radical (unpaired) electrons. The molecule has 0 saturated carbocycles. The number of benzene rings is 2. The summed E-state index contributed by atoms with van der Waals surface area (Å²) in [6, 6.07) is 9.33. The minimum atomic E-state index is -3.00. The van der Waals surface area contributed by atoms with Crippen LogP contribution >= 0.6 is 12.4 Å². The Labute approximate surface area is 167 Å². The van der Waals surface area contributed by atoms with E-state index in [9.17, 15) is 13.6 Å². The van der Waals surface area contributed by atoms with Crippen LogP contribution in [-0.2, 0) is 11.3 Å². The number of likely N-dealkylation sites (N-methyl/N-ethyl adjacent to an activating group) is 1. The summed E-state index contributed by atoms with van der Waals surface area (Å²) < 4.78 is 40.5. The van der Waals surface area contributed by atoms with Crippen LogP contribution in [0.3, 0.4) is 0 Å². The van der Waals surface area contributed by atoms with Crippen LogP contribution in [0.4, 0.5) is 8.78 Å². The Morgan fingerprint density at radius 1 is 1.21 bits per heavy atom. The lowest BCUT2D eigenvalue weighted by Crippen LogP contribution is -2.35. The number of hydrogen-bond donors (Lipinski definition) is 1. The van der Waals surface area contributed by atoms with Gasteiger partial charge in [0.25, 0.3) is 0 Å². The molecule has 1 unspecified atom stereocenters. The quantitative estimate of drug-likeness (QED) is 0.784. The van der Waals surface area contributed by atoms with Gasteiger partial charge in [0.15, 0.2) is 11.5 Å². The van der Waals surface area contributed by atoms with Crippen molar-refractivity contribution in [2.45, 2.75) is 26.1 Å². The Bertz CT molecular complexity index is 833. The highest BCUT2D eigenvalue weighted by Gasteiger charge is 2.24. The number of ether oxygens (including phenoxy) is 3. The first-order valence-electron chi connectivity index (χ1n) is 8.29. The molecule has 2 aromatic rings. The summed E-state index contributed by atoms with van der Waals surface area (Å²) in [6.45, 7) is -1.04. The third-order valence-corrected chi connectivity index (χ3v) is 4.26. The van der Waals surface area contributed by atoms with Gasteiger partial charge in [-0.25, -0.2) is 0 Å². The molecular weight excluding hydrogens is 394 g/mol. The highest BCUT2D eigenvalue weighted by molar-refractivity contribution is 5.85. The lowest BCUT2D eigenvalue weighted by atomic mass is 10.0. The molecule has 152 valence electrons. The Balaban J connectivity index is 0.00000280. The summed E-state index contributed by atoms with van der Waals surface area (Å²) in [7, 11) is 1.55. The number of hydrogen-bond acceptors (Lipinski definition) is 5. The van der Waals surface area contributed by atoms with Crippen molar-refractivity contribution in [2.24, 2.45) is 5.73 Å². The monoisotopic (exact) mass is 414 g/mol. The molecule has 28 heavy (non-hydrogen) atoms. The summed E-state index contributed by atoms with van der Waals surface area (Å²) in [5.74, 6) is 0.312. The van der Waals surface area contributed by atoms with Crippen LogP contribution in [0.15, 0.2) is 36.4 Å². The lowest BCUT2D eigenvalue weighted by Gasteiger charge is -2.23. The third kappa shape index (κ3) is 4.82. The van der Waals surface area contributed by atoms with Crippen molar-refractivity contribution in [1.29, 1.82) is 0 Å². The van der Waals surface area contributed by atoms with Crippen molar-refractivity contribution in [3.05, 3.63) is 53.1 Å². The molecule has 0 spiro atoms. The van der Waals surface area contributed by atoms with Gasteiger partial charge >= 0.3 is 6.61 Å². The SMILES string of the molecule is Cc1ccc(C(N)C(=O)N(C)Cc2cc3c(cc2OC(F)F)OCO3)cc1.Cl. The Hall–Kier alpha value is -2.58. The van der Waals surface area contributed by atoms with Gasteiger partial charge in [-0.2, -0.15) is 8.78 Å². The van der Waals surface area contributed by atoms with Crippen LogP contribution < -0.4 is 19.9 Å². The number of fused-ring (bicyclic) bond motifs is 1. The van der Waals surface area contributed by atoms with E-state index in [1.54, 1.807) is 19.2 Å². The van der Waals surface area contributed by atoms with E-state index in [1.807, 2.05) is 19.1 Å². The molecule has 3 rings (SSSR count). The summed E-state index contributed by atoms with van der Waals surface area (Å²) >= 11 is 0. The van der Waals surface area contributed by atoms with E-state index in [0.29, 0.717) is 22.6 Å². The highest BCUT2D eigenvalue weighted by Crippen LogP contribution is 2.39. The number of halogens is 3. The van der Waals surface area contributed by atoms with Crippen molar-refractivity contribution in [3.63, 3.8) is 0 Å². The smallest absolute Gasteiger partial charge is 0.387 e. The van der Waals surface area contributed by atoms with Gasteiger partial charge in [0.05, 0.1) is 0 Å². The van der Waals surface area contributed by atoms with Crippen molar-refractivity contribution < 1.29 is 27.8 Å². The number of nitrogens with zero attached hydrogens (tertiary/aromatic N) is 1. The maximum atomic E-state index is 12.7. The molecule has 1 aliphatic heterocycles. The molecule has 1 heterocycles. The van der Waals surface area contributed by atoms with Crippen LogP contribution in [0.1, 0.15) is 22.7 Å². The van der Waals surface area contributed by atoms with Gasteiger partial charge < -0.3 is 24.8 Å². The molecule has 9 heteroatoms. The van der Waals surface area contributed by atoms with Gasteiger partial charge in [0.2, 0.25) is 12.7 Å². The van der Waals surface area contributed by atoms with Gasteiger partial charge in [-0.1, -0.05) is 29.8 Å². The summed E-state index contributed by atoms with van der Waals surface area (Å²) in [5, 5.41) is 0. The van der Waals surface area contributed by atoms with Crippen LogP contribution in [0.2, 0.25) is 0 Å². The first-order valence-corrected chi connectivity index (χ1v) is 8.29. The van der Waals surface area contributed by atoms with Crippen LogP contribution in [-0.4, -0.2) is 31.3 Å². The van der Waals surface area contributed by atoms with E-state index in [1.165, 1.54) is 17.0 Å². The number of rotatable bonds is 6. The lowest BCUT2D eigenvalue weighted by molar-refractivity contribution is -0.132. The number of aryl methyl sites for hydroxylation is 1. The maximum absolute atomic E-state index is 12.7. The zero-order valence-electron chi connectivity index (χ0n) is 15.4. The van der Waals surface area contributed by atoms with Crippen molar-refractivity contribution in [3.8, 4) is 17.2 Å². The molecule has 6 nitrogen and oxygen atoms in total. The molecule has 1 amide bonds. The van der Waals surface area contributed by atoms with Gasteiger partial charge in [0.1, 0.15) is 11.8 Å². The standard InChI is InChI=1S/C19H20F2N2O4.ClH/c1-11-3-5-12(6-4-11)17(22)18(24)23(2)9-13-7-15-16(26-10-25-15)8-14(13)27-19(20)21;/h3-8,17,19H,9-10,22H2,1-2H3;1H. The fourth-order valence-corrected chi connectivity index (χ4v) is 2.78. The van der Waals surface area contributed by atoms with Gasteiger partial charge in [-0.05, 0) is 18.6 Å². The topological polar surface area (TPSA) is 74.0 Å². The number of carbonyl (C=O) groups is 1. The van der Waals surface area contributed by atoms with E-state index in [0.717, 1.165) is 5.56 Å². The second-order valence-electron chi connectivity index (χ2n) is 6.27. The fraction of sp³-hybridized carbons (Fsp3) is 0.316. The van der Waals surface area contributed by atoms with E-state index >= 15 is 0 Å².